The lowest BCUT2D eigenvalue weighted by Crippen LogP contribution is -2.49. The van der Waals surface area contributed by atoms with E-state index in [9.17, 15) is 0 Å². The standard InChI is InChI=1S/C62H96O2P2Si8/c1-63-57-29-27-31-59(65(45-33-49(67(3,4)5)41-50(34-45)68(6,7)8)46-35-51(69(9,10)11)42-52(36-46)70(12,13)14)61(57)62-58(64-2)30-28-32-60(62)66(47-37-53(71(15,16)17)43-54(38-47)72(18,19)20)48-39-55(73(21,22)23)44-56(40-48)74(24,25)26/h27-44H,1-26H3. The first-order chi connectivity index (χ1) is 33.6. The highest BCUT2D eigenvalue weighted by Crippen LogP contribution is 2.47. The highest BCUT2D eigenvalue weighted by molar-refractivity contribution is 7.81. The molecule has 0 aliphatic carbocycles. The van der Waals surface area contributed by atoms with Gasteiger partial charge in [0.05, 0.1) is 78.8 Å². The van der Waals surface area contributed by atoms with Crippen molar-refractivity contribution in [2.24, 2.45) is 0 Å². The van der Waals surface area contributed by atoms with Gasteiger partial charge in [-0.1, -0.05) is 296 Å². The average Bonchev–Trinajstić information content (AvgIpc) is 3.26. The van der Waals surface area contributed by atoms with Crippen LogP contribution in [0.3, 0.4) is 0 Å². The predicted molar refractivity (Wildman–Crippen MR) is 366 cm³/mol. The molecule has 0 amide bonds. The van der Waals surface area contributed by atoms with Gasteiger partial charge >= 0.3 is 0 Å². The van der Waals surface area contributed by atoms with Crippen LogP contribution >= 0.6 is 15.8 Å². The molecule has 0 heterocycles. The van der Waals surface area contributed by atoms with E-state index in [0.29, 0.717) is 0 Å². The van der Waals surface area contributed by atoms with Gasteiger partial charge in [0.25, 0.3) is 0 Å². The molecule has 0 spiro atoms. The zero-order valence-corrected chi connectivity index (χ0v) is 60.9. The van der Waals surface area contributed by atoms with Crippen molar-refractivity contribution < 1.29 is 9.47 Å². The van der Waals surface area contributed by atoms with Crippen molar-refractivity contribution >= 4 is 154 Å². The number of hydrogen-bond donors (Lipinski definition) is 0. The molecule has 0 unspecified atom stereocenters. The minimum Gasteiger partial charge on any atom is -0.496 e. The Labute approximate surface area is 462 Å². The van der Waals surface area contributed by atoms with Crippen molar-refractivity contribution in [1.29, 1.82) is 0 Å². The van der Waals surface area contributed by atoms with E-state index in [-0.39, 0.29) is 0 Å². The Hall–Kier alpha value is -2.48. The van der Waals surface area contributed by atoms with E-state index in [1.54, 1.807) is 41.5 Å². The maximum atomic E-state index is 6.79. The van der Waals surface area contributed by atoms with Crippen LogP contribution in [0, 0.1) is 0 Å². The lowest BCUT2D eigenvalue weighted by atomic mass is 10.0. The molecule has 0 bridgehead atoms. The molecule has 0 saturated carbocycles. The van der Waals surface area contributed by atoms with Crippen LogP contribution in [0.25, 0.3) is 11.1 Å². The van der Waals surface area contributed by atoms with Gasteiger partial charge in [-0.3, -0.25) is 0 Å². The molecule has 6 rings (SSSR count). The maximum Gasteiger partial charge on any atom is 0.127 e. The number of methoxy groups -OCH3 is 2. The van der Waals surface area contributed by atoms with Gasteiger partial charge in [0, 0.05) is 11.1 Å². The van der Waals surface area contributed by atoms with Gasteiger partial charge in [-0.05, 0) is 59.8 Å². The lowest BCUT2D eigenvalue weighted by molar-refractivity contribution is 0.411. The number of benzene rings is 6. The van der Waals surface area contributed by atoms with Crippen LogP contribution in [0.4, 0.5) is 0 Å². The van der Waals surface area contributed by atoms with Crippen molar-refractivity contribution in [3.8, 4) is 22.6 Å². The van der Waals surface area contributed by atoms with Crippen LogP contribution in [0.2, 0.25) is 157 Å². The first-order valence-electron chi connectivity index (χ1n) is 27.2. The SMILES string of the molecule is COc1cccc(P(c2cc([Si](C)(C)C)cc([Si](C)(C)C)c2)c2cc([Si](C)(C)C)cc([Si](C)(C)C)c2)c1-c1c(OC)cccc1P(c1cc([Si](C)(C)C)cc([Si](C)(C)C)c1)c1cc([Si](C)(C)C)cc([Si](C)(C)C)c1. The molecule has 6 aromatic rings. The Kier molecular flexibility index (Phi) is 17.8. The summed E-state index contributed by atoms with van der Waals surface area (Å²) in [4.78, 5) is 0. The van der Waals surface area contributed by atoms with Crippen LogP contribution in [0.1, 0.15) is 0 Å². The van der Waals surface area contributed by atoms with Crippen molar-refractivity contribution in [1.82, 2.24) is 0 Å². The number of ether oxygens (including phenoxy) is 2. The van der Waals surface area contributed by atoms with Gasteiger partial charge in [-0.15, -0.1) is 0 Å². The molecule has 0 fully saturated rings. The summed E-state index contributed by atoms with van der Waals surface area (Å²) in [5, 5.41) is 21.0. The Morgan fingerprint density at radius 2 is 0.432 bits per heavy atom. The molecule has 6 aromatic carbocycles. The molecular formula is C62H96O2P2Si8. The van der Waals surface area contributed by atoms with Crippen molar-refractivity contribution in [3.63, 3.8) is 0 Å². The lowest BCUT2D eigenvalue weighted by Gasteiger charge is -2.33. The second-order valence-electron chi connectivity index (χ2n) is 29.5. The summed E-state index contributed by atoms with van der Waals surface area (Å²) in [5.41, 5.74) is 2.36. The van der Waals surface area contributed by atoms with E-state index < -0.39 is 80.4 Å². The molecule has 0 radical (unpaired) electrons. The minimum absolute atomic E-state index is 0.909. The summed E-state index contributed by atoms with van der Waals surface area (Å²) in [6.07, 6.45) is 0. The smallest absolute Gasteiger partial charge is 0.127 e. The number of rotatable bonds is 17. The Balaban J connectivity index is 1.92. The van der Waals surface area contributed by atoms with Crippen LogP contribution in [0.15, 0.2) is 109 Å². The molecular weight excluding hydrogens is 1060 g/mol. The highest BCUT2D eigenvalue weighted by Gasteiger charge is 2.36. The molecule has 2 nitrogen and oxygen atoms in total. The summed E-state index contributed by atoms with van der Waals surface area (Å²) in [6, 6.07) is 45.8. The zero-order valence-electron chi connectivity index (χ0n) is 51.1. The fraction of sp³-hybridized carbons (Fsp3) is 0.419. The molecule has 0 saturated heterocycles. The fourth-order valence-corrected chi connectivity index (χ4v) is 25.7. The van der Waals surface area contributed by atoms with Crippen molar-refractivity contribution in [2.75, 3.05) is 14.2 Å². The van der Waals surface area contributed by atoms with Crippen LogP contribution in [-0.4, -0.2) is 78.8 Å². The van der Waals surface area contributed by atoms with E-state index >= 15 is 0 Å². The molecule has 0 aliphatic heterocycles. The molecule has 0 aromatic heterocycles. The van der Waals surface area contributed by atoms with Crippen LogP contribution in [0.5, 0.6) is 11.5 Å². The molecule has 12 heteroatoms. The summed E-state index contributed by atoms with van der Waals surface area (Å²) in [5.74, 6) is 1.82. The van der Waals surface area contributed by atoms with E-state index in [1.165, 1.54) is 43.0 Å². The minimum atomic E-state index is -1.77. The van der Waals surface area contributed by atoms with Gasteiger partial charge in [0.1, 0.15) is 11.5 Å². The van der Waals surface area contributed by atoms with Gasteiger partial charge in [0.2, 0.25) is 0 Å². The van der Waals surface area contributed by atoms with Crippen LogP contribution in [-0.2, 0) is 0 Å². The van der Waals surface area contributed by atoms with Crippen LogP contribution < -0.4 is 82.8 Å². The molecule has 74 heavy (non-hydrogen) atoms. The van der Waals surface area contributed by atoms with Gasteiger partial charge in [-0.25, -0.2) is 0 Å². The molecule has 0 aliphatic rings. The highest BCUT2D eigenvalue weighted by atomic mass is 31.1. The normalized spacial score (nSPS) is 13.5. The first kappa shape index (κ1) is 60.7. The molecule has 0 N–H and O–H groups in total. The first-order valence-corrected chi connectivity index (χ1v) is 57.9. The fourth-order valence-electron chi connectivity index (χ4n) is 9.53. The van der Waals surface area contributed by atoms with Gasteiger partial charge in [0.15, 0.2) is 0 Å². The Morgan fingerprint density at radius 3 is 0.581 bits per heavy atom. The van der Waals surface area contributed by atoms with Gasteiger partial charge < -0.3 is 9.47 Å². The third-order valence-electron chi connectivity index (χ3n) is 14.8. The quantitative estimate of drug-likeness (QED) is 0.0669. The summed E-state index contributed by atoms with van der Waals surface area (Å²) in [7, 11) is -12.6. The Morgan fingerprint density at radius 1 is 0.257 bits per heavy atom. The third kappa shape index (κ3) is 13.8. The van der Waals surface area contributed by atoms with E-state index in [0.717, 1.165) is 11.5 Å². The van der Waals surface area contributed by atoms with E-state index in [1.807, 2.05) is 14.2 Å². The van der Waals surface area contributed by atoms with Gasteiger partial charge in [-0.2, -0.15) is 0 Å². The molecule has 398 valence electrons. The maximum absolute atomic E-state index is 6.79. The van der Waals surface area contributed by atoms with E-state index in [2.05, 4.69) is 266 Å². The predicted octanol–water partition coefficient (Wildman–Crippen LogP) is 11.2. The largest absolute Gasteiger partial charge is 0.496 e. The second-order valence-corrected chi connectivity index (χ2v) is 74.4. The third-order valence-corrected chi connectivity index (χ3v) is 35.8. The molecule has 0 atom stereocenters. The second kappa shape index (κ2) is 21.6. The zero-order chi connectivity index (χ0) is 55.7. The van der Waals surface area contributed by atoms with E-state index in [4.69, 9.17) is 9.47 Å². The number of hydrogen-bond acceptors (Lipinski definition) is 2. The topological polar surface area (TPSA) is 18.5 Å². The summed E-state index contributed by atoms with van der Waals surface area (Å²) in [6.45, 7) is 60.8. The van der Waals surface area contributed by atoms with Crippen molar-refractivity contribution in [3.05, 3.63) is 109 Å². The Bertz CT molecular complexity index is 2530. The summed E-state index contributed by atoms with van der Waals surface area (Å²) < 4.78 is 13.6. The summed E-state index contributed by atoms with van der Waals surface area (Å²) >= 11 is 0. The average molecular weight is 1160 g/mol. The van der Waals surface area contributed by atoms with Crippen molar-refractivity contribution in [2.45, 2.75) is 157 Å². The monoisotopic (exact) mass is 1160 g/mol.